The van der Waals surface area contributed by atoms with Crippen molar-refractivity contribution < 1.29 is 17.9 Å². The van der Waals surface area contributed by atoms with Gasteiger partial charge in [0, 0.05) is 6.07 Å². The van der Waals surface area contributed by atoms with Crippen LogP contribution in [0.15, 0.2) is 18.2 Å². The standard InChI is InChI=1S/C14H16F3N3O/c15-14(16,17)21-10-4-5-11-12(8-10)19-13(18-11)9-20-6-2-1-3-7-20/h4-5,8H,1-3,6-7,9H2,(H,18,19). The first-order chi connectivity index (χ1) is 9.99. The van der Waals surface area contributed by atoms with E-state index in [0.29, 0.717) is 12.1 Å². The molecule has 0 unspecified atom stereocenters. The number of H-pyrrole nitrogens is 1. The fourth-order valence-electron chi connectivity index (χ4n) is 2.64. The van der Waals surface area contributed by atoms with Crippen molar-refractivity contribution in [1.82, 2.24) is 14.9 Å². The van der Waals surface area contributed by atoms with E-state index in [9.17, 15) is 13.2 Å². The molecule has 0 atom stereocenters. The lowest BCUT2D eigenvalue weighted by Gasteiger charge is -2.25. The molecule has 0 spiro atoms. The zero-order valence-electron chi connectivity index (χ0n) is 11.4. The molecule has 2 heterocycles. The topological polar surface area (TPSA) is 41.1 Å². The highest BCUT2D eigenvalue weighted by atomic mass is 19.4. The lowest BCUT2D eigenvalue weighted by molar-refractivity contribution is -0.274. The molecule has 1 N–H and O–H groups in total. The molecule has 0 aliphatic carbocycles. The third kappa shape index (κ3) is 3.66. The van der Waals surface area contributed by atoms with Gasteiger partial charge in [0.1, 0.15) is 11.6 Å². The lowest BCUT2D eigenvalue weighted by atomic mass is 10.1. The summed E-state index contributed by atoms with van der Waals surface area (Å²) in [5.74, 6) is 0.530. The lowest BCUT2D eigenvalue weighted by Crippen LogP contribution is -2.29. The van der Waals surface area contributed by atoms with Crippen LogP contribution in [0.4, 0.5) is 13.2 Å². The number of ether oxygens (including phenoxy) is 1. The van der Waals surface area contributed by atoms with Crippen molar-refractivity contribution in [3.05, 3.63) is 24.0 Å². The Balaban J connectivity index is 1.76. The second-order valence-corrected chi connectivity index (χ2v) is 5.25. The molecule has 2 aromatic rings. The van der Waals surface area contributed by atoms with Crippen LogP contribution in [0.1, 0.15) is 25.1 Å². The van der Waals surface area contributed by atoms with Gasteiger partial charge in [0.15, 0.2) is 0 Å². The number of aromatic amines is 1. The minimum absolute atomic E-state index is 0.244. The molecular weight excluding hydrogens is 283 g/mol. The van der Waals surface area contributed by atoms with Gasteiger partial charge in [-0.15, -0.1) is 13.2 Å². The van der Waals surface area contributed by atoms with E-state index >= 15 is 0 Å². The molecule has 1 aromatic carbocycles. The number of nitrogens with zero attached hydrogens (tertiary/aromatic N) is 2. The largest absolute Gasteiger partial charge is 0.573 e. The van der Waals surface area contributed by atoms with Gasteiger partial charge in [-0.3, -0.25) is 4.90 Å². The summed E-state index contributed by atoms with van der Waals surface area (Å²) in [7, 11) is 0. The number of nitrogens with one attached hydrogen (secondary N) is 1. The number of hydrogen-bond donors (Lipinski definition) is 1. The fourth-order valence-corrected chi connectivity index (χ4v) is 2.64. The zero-order chi connectivity index (χ0) is 14.9. The van der Waals surface area contributed by atoms with Crippen LogP contribution in [0.2, 0.25) is 0 Å². The molecule has 1 aromatic heterocycles. The first-order valence-corrected chi connectivity index (χ1v) is 6.96. The Morgan fingerprint density at radius 2 is 1.95 bits per heavy atom. The molecule has 3 rings (SSSR count). The summed E-state index contributed by atoms with van der Waals surface area (Å²) in [5, 5.41) is 0. The van der Waals surface area contributed by atoms with E-state index in [4.69, 9.17) is 0 Å². The van der Waals surface area contributed by atoms with E-state index in [1.165, 1.54) is 31.4 Å². The number of hydrogen-bond acceptors (Lipinski definition) is 3. The van der Waals surface area contributed by atoms with E-state index in [2.05, 4.69) is 19.6 Å². The molecule has 1 saturated heterocycles. The van der Waals surface area contributed by atoms with Gasteiger partial charge in [-0.2, -0.15) is 0 Å². The van der Waals surface area contributed by atoms with Gasteiger partial charge in [-0.05, 0) is 38.1 Å². The third-order valence-electron chi connectivity index (χ3n) is 3.56. The number of aromatic nitrogens is 2. The fraction of sp³-hybridized carbons (Fsp3) is 0.500. The van der Waals surface area contributed by atoms with Gasteiger partial charge in [-0.25, -0.2) is 4.98 Å². The molecule has 0 radical (unpaired) electrons. The first-order valence-electron chi connectivity index (χ1n) is 6.96. The van der Waals surface area contributed by atoms with Crippen LogP contribution >= 0.6 is 0 Å². The molecule has 1 fully saturated rings. The summed E-state index contributed by atoms with van der Waals surface area (Å²) in [6, 6.07) is 4.15. The smallest absolute Gasteiger partial charge is 0.406 e. The number of likely N-dealkylation sites (tertiary alicyclic amines) is 1. The van der Waals surface area contributed by atoms with Crippen LogP contribution in [-0.4, -0.2) is 34.3 Å². The van der Waals surface area contributed by atoms with E-state index < -0.39 is 6.36 Å². The quantitative estimate of drug-likeness (QED) is 0.944. The molecule has 0 bridgehead atoms. The summed E-state index contributed by atoms with van der Waals surface area (Å²) in [5.41, 5.74) is 1.21. The van der Waals surface area contributed by atoms with E-state index in [1.54, 1.807) is 6.07 Å². The molecule has 1 aliphatic rings. The van der Waals surface area contributed by atoms with Crippen LogP contribution in [0.5, 0.6) is 5.75 Å². The summed E-state index contributed by atoms with van der Waals surface area (Å²) >= 11 is 0. The van der Waals surface area contributed by atoms with Crippen LogP contribution in [-0.2, 0) is 6.54 Å². The molecular formula is C14H16F3N3O. The molecule has 21 heavy (non-hydrogen) atoms. The monoisotopic (exact) mass is 299 g/mol. The Bertz CT molecular complexity index is 617. The van der Waals surface area contributed by atoms with Crippen molar-refractivity contribution >= 4 is 11.0 Å². The predicted molar refractivity (Wildman–Crippen MR) is 71.9 cm³/mol. The van der Waals surface area contributed by atoms with E-state index in [-0.39, 0.29) is 5.75 Å². The molecule has 114 valence electrons. The van der Waals surface area contributed by atoms with Crippen molar-refractivity contribution in [2.75, 3.05) is 13.1 Å². The van der Waals surface area contributed by atoms with Crippen LogP contribution in [0.3, 0.4) is 0 Å². The van der Waals surface area contributed by atoms with Gasteiger partial charge in [0.05, 0.1) is 17.6 Å². The number of benzene rings is 1. The summed E-state index contributed by atoms with van der Waals surface area (Å²) in [6.45, 7) is 2.78. The van der Waals surface area contributed by atoms with Crippen LogP contribution < -0.4 is 4.74 Å². The normalized spacial score (nSPS) is 17.3. The number of piperidine rings is 1. The van der Waals surface area contributed by atoms with Crippen molar-refractivity contribution in [2.45, 2.75) is 32.2 Å². The van der Waals surface area contributed by atoms with Crippen molar-refractivity contribution in [2.24, 2.45) is 0 Å². The van der Waals surface area contributed by atoms with Gasteiger partial charge in [0.2, 0.25) is 0 Å². The molecule has 7 heteroatoms. The maximum absolute atomic E-state index is 12.2. The number of alkyl halides is 3. The number of imidazole rings is 1. The number of halogens is 3. The highest BCUT2D eigenvalue weighted by Gasteiger charge is 2.31. The molecule has 1 aliphatic heterocycles. The summed E-state index contributed by atoms with van der Waals surface area (Å²) < 4.78 is 40.5. The Morgan fingerprint density at radius 1 is 1.19 bits per heavy atom. The minimum Gasteiger partial charge on any atom is -0.406 e. The number of rotatable bonds is 3. The average Bonchev–Trinajstić information content (AvgIpc) is 2.79. The van der Waals surface area contributed by atoms with Crippen molar-refractivity contribution in [1.29, 1.82) is 0 Å². The van der Waals surface area contributed by atoms with Gasteiger partial charge in [0.25, 0.3) is 0 Å². The van der Waals surface area contributed by atoms with Gasteiger partial charge >= 0.3 is 6.36 Å². The van der Waals surface area contributed by atoms with Crippen molar-refractivity contribution in [3.63, 3.8) is 0 Å². The van der Waals surface area contributed by atoms with Crippen LogP contribution in [0, 0.1) is 0 Å². The second-order valence-electron chi connectivity index (χ2n) is 5.25. The molecule has 0 amide bonds. The SMILES string of the molecule is FC(F)(F)Oc1ccc2[nH]c(CN3CCCCC3)nc2c1. The highest BCUT2D eigenvalue weighted by Crippen LogP contribution is 2.25. The number of fused-ring (bicyclic) bond motifs is 1. The van der Waals surface area contributed by atoms with Gasteiger partial charge < -0.3 is 9.72 Å². The Hall–Kier alpha value is -1.76. The van der Waals surface area contributed by atoms with Gasteiger partial charge in [-0.1, -0.05) is 6.42 Å². The Kier molecular flexibility index (Phi) is 3.75. The first kappa shape index (κ1) is 14.2. The summed E-state index contributed by atoms with van der Waals surface area (Å²) in [4.78, 5) is 9.80. The maximum Gasteiger partial charge on any atom is 0.573 e. The van der Waals surface area contributed by atoms with E-state index in [1.807, 2.05) is 0 Å². The Labute approximate surface area is 119 Å². The zero-order valence-corrected chi connectivity index (χ0v) is 11.4. The molecule has 4 nitrogen and oxygen atoms in total. The predicted octanol–water partition coefficient (Wildman–Crippen LogP) is 3.45. The second kappa shape index (κ2) is 5.55. The highest BCUT2D eigenvalue weighted by molar-refractivity contribution is 5.76. The summed E-state index contributed by atoms with van der Waals surface area (Å²) in [6.07, 6.45) is -1.05. The van der Waals surface area contributed by atoms with Crippen molar-refractivity contribution in [3.8, 4) is 5.75 Å². The average molecular weight is 299 g/mol. The van der Waals surface area contributed by atoms with E-state index in [0.717, 1.165) is 24.4 Å². The Morgan fingerprint density at radius 3 is 2.67 bits per heavy atom. The minimum atomic E-state index is -4.68. The maximum atomic E-state index is 12.2. The molecule has 0 saturated carbocycles. The van der Waals surface area contributed by atoms with Crippen LogP contribution in [0.25, 0.3) is 11.0 Å². The third-order valence-corrected chi connectivity index (χ3v) is 3.56.